The molecule has 5 nitrogen and oxygen atoms in total. The number of imidazole rings is 1. The molecule has 2 heterocycles. The number of aromatic nitrogens is 4. The van der Waals surface area contributed by atoms with Crippen LogP contribution in [0.4, 0.5) is 0 Å². The molecular weight excluding hydrogens is 228 g/mol. The van der Waals surface area contributed by atoms with Crippen molar-refractivity contribution in [1.82, 2.24) is 19.3 Å². The summed E-state index contributed by atoms with van der Waals surface area (Å²) in [7, 11) is 3.78. The van der Waals surface area contributed by atoms with E-state index in [2.05, 4.69) is 10.1 Å². The summed E-state index contributed by atoms with van der Waals surface area (Å²) in [4.78, 5) is 16.4. The van der Waals surface area contributed by atoms with Crippen LogP contribution in [0.5, 0.6) is 0 Å². The van der Waals surface area contributed by atoms with Crippen molar-refractivity contribution in [1.29, 1.82) is 0 Å². The molecule has 2 aromatic heterocycles. The van der Waals surface area contributed by atoms with Crippen LogP contribution in [0.15, 0.2) is 18.6 Å². The standard InChI is InChI=1S/C13H18N4O/c1-4-11-10(9-17(3)15-11)12(18)5-6-13-14-7-8-16(13)2/h7-9H,4-6H2,1-3H3. The largest absolute Gasteiger partial charge is 0.338 e. The van der Waals surface area contributed by atoms with Gasteiger partial charge in [0.05, 0.1) is 11.3 Å². The van der Waals surface area contributed by atoms with E-state index in [4.69, 9.17) is 0 Å². The number of Topliss-reactive ketones (excluding diaryl/α,β-unsaturated/α-hetero) is 1. The number of carbonyl (C=O) groups excluding carboxylic acids is 1. The molecule has 0 amide bonds. The first-order chi connectivity index (χ1) is 8.61. The predicted molar refractivity (Wildman–Crippen MR) is 68.4 cm³/mol. The Kier molecular flexibility index (Phi) is 3.60. The van der Waals surface area contributed by atoms with E-state index in [1.165, 1.54) is 0 Å². The van der Waals surface area contributed by atoms with Crippen LogP contribution in [0, 0.1) is 0 Å². The predicted octanol–water partition coefficient (Wildman–Crippen LogP) is 1.53. The molecule has 96 valence electrons. The zero-order valence-electron chi connectivity index (χ0n) is 11.1. The van der Waals surface area contributed by atoms with Gasteiger partial charge in [0.1, 0.15) is 5.82 Å². The summed E-state index contributed by atoms with van der Waals surface area (Å²) in [6.45, 7) is 2.01. The van der Waals surface area contributed by atoms with Crippen LogP contribution in [-0.4, -0.2) is 25.1 Å². The van der Waals surface area contributed by atoms with Crippen LogP contribution in [0.3, 0.4) is 0 Å². The van der Waals surface area contributed by atoms with Crippen LogP contribution in [0.1, 0.15) is 35.2 Å². The van der Waals surface area contributed by atoms with Gasteiger partial charge < -0.3 is 4.57 Å². The average molecular weight is 246 g/mol. The second-order valence-electron chi connectivity index (χ2n) is 4.39. The average Bonchev–Trinajstić information content (AvgIpc) is 2.92. The van der Waals surface area contributed by atoms with Crippen LogP contribution in [0.25, 0.3) is 0 Å². The Morgan fingerprint density at radius 2 is 2.17 bits per heavy atom. The molecule has 0 aliphatic carbocycles. The van der Waals surface area contributed by atoms with E-state index < -0.39 is 0 Å². The topological polar surface area (TPSA) is 52.7 Å². The molecule has 0 spiro atoms. The Balaban J connectivity index is 2.06. The van der Waals surface area contributed by atoms with Gasteiger partial charge in [-0.15, -0.1) is 0 Å². The maximum Gasteiger partial charge on any atom is 0.166 e. The van der Waals surface area contributed by atoms with E-state index >= 15 is 0 Å². The Morgan fingerprint density at radius 1 is 1.39 bits per heavy atom. The molecule has 0 aliphatic rings. The lowest BCUT2D eigenvalue weighted by Crippen LogP contribution is -2.06. The summed E-state index contributed by atoms with van der Waals surface area (Å²) < 4.78 is 3.64. The van der Waals surface area contributed by atoms with Gasteiger partial charge in [-0.05, 0) is 6.42 Å². The molecule has 0 aliphatic heterocycles. The highest BCUT2D eigenvalue weighted by molar-refractivity contribution is 5.97. The minimum absolute atomic E-state index is 0.142. The van der Waals surface area contributed by atoms with E-state index in [1.54, 1.807) is 17.1 Å². The third kappa shape index (κ3) is 2.50. The summed E-state index contributed by atoms with van der Waals surface area (Å²) in [5.41, 5.74) is 1.62. The molecule has 0 saturated carbocycles. The molecule has 0 fully saturated rings. The van der Waals surface area contributed by atoms with Crippen molar-refractivity contribution in [3.8, 4) is 0 Å². The smallest absolute Gasteiger partial charge is 0.166 e. The minimum atomic E-state index is 0.142. The number of hydrogen-bond acceptors (Lipinski definition) is 3. The molecule has 0 aromatic carbocycles. The fourth-order valence-electron chi connectivity index (χ4n) is 2.03. The van der Waals surface area contributed by atoms with Gasteiger partial charge in [0.25, 0.3) is 0 Å². The van der Waals surface area contributed by atoms with Gasteiger partial charge in [-0.1, -0.05) is 6.92 Å². The molecule has 2 rings (SSSR count). The number of hydrogen-bond donors (Lipinski definition) is 0. The molecule has 5 heteroatoms. The highest BCUT2D eigenvalue weighted by Crippen LogP contribution is 2.12. The van der Waals surface area contributed by atoms with E-state index in [1.807, 2.05) is 31.8 Å². The van der Waals surface area contributed by atoms with E-state index in [0.717, 1.165) is 23.5 Å². The summed E-state index contributed by atoms with van der Waals surface area (Å²) in [5.74, 6) is 1.08. The highest BCUT2D eigenvalue weighted by Gasteiger charge is 2.14. The quantitative estimate of drug-likeness (QED) is 0.752. The lowest BCUT2D eigenvalue weighted by molar-refractivity contribution is 0.0981. The zero-order valence-corrected chi connectivity index (χ0v) is 11.1. The number of aryl methyl sites for hydroxylation is 4. The van der Waals surface area contributed by atoms with E-state index in [-0.39, 0.29) is 5.78 Å². The van der Waals surface area contributed by atoms with Crippen LogP contribution < -0.4 is 0 Å². The SMILES string of the molecule is CCc1nn(C)cc1C(=O)CCc1nccn1C. The van der Waals surface area contributed by atoms with Gasteiger partial charge in [-0.3, -0.25) is 9.48 Å². The molecular formula is C13H18N4O. The van der Waals surface area contributed by atoms with Crippen LogP contribution in [-0.2, 0) is 26.9 Å². The number of rotatable bonds is 5. The van der Waals surface area contributed by atoms with Gasteiger partial charge >= 0.3 is 0 Å². The van der Waals surface area contributed by atoms with Crippen LogP contribution >= 0.6 is 0 Å². The fraction of sp³-hybridized carbons (Fsp3) is 0.462. The lowest BCUT2D eigenvalue weighted by Gasteiger charge is -2.01. The summed E-state index contributed by atoms with van der Waals surface area (Å²) in [5, 5.41) is 4.29. The van der Waals surface area contributed by atoms with Gasteiger partial charge in [0.2, 0.25) is 0 Å². The molecule has 2 aromatic rings. The molecule has 18 heavy (non-hydrogen) atoms. The Bertz CT molecular complexity index is 553. The van der Waals surface area contributed by atoms with Gasteiger partial charge in [0.15, 0.2) is 5.78 Å². The maximum absolute atomic E-state index is 12.2. The zero-order chi connectivity index (χ0) is 13.1. The fourth-order valence-corrected chi connectivity index (χ4v) is 2.03. The van der Waals surface area contributed by atoms with Crippen LogP contribution in [0.2, 0.25) is 0 Å². The molecule has 0 saturated heterocycles. The second kappa shape index (κ2) is 5.16. The van der Waals surface area contributed by atoms with E-state index in [9.17, 15) is 4.79 Å². The van der Waals surface area contributed by atoms with E-state index in [0.29, 0.717) is 12.8 Å². The maximum atomic E-state index is 12.2. The first-order valence-corrected chi connectivity index (χ1v) is 6.13. The number of ketones is 1. The van der Waals surface area contributed by atoms with Gasteiger partial charge in [-0.2, -0.15) is 5.10 Å². The molecule has 0 unspecified atom stereocenters. The van der Waals surface area contributed by atoms with Gasteiger partial charge in [-0.25, -0.2) is 4.98 Å². The summed E-state index contributed by atoms with van der Waals surface area (Å²) in [6, 6.07) is 0. The monoisotopic (exact) mass is 246 g/mol. The van der Waals surface area contributed by atoms with Crippen molar-refractivity contribution in [2.75, 3.05) is 0 Å². The lowest BCUT2D eigenvalue weighted by atomic mass is 10.1. The van der Waals surface area contributed by atoms with Crippen molar-refractivity contribution in [2.24, 2.45) is 14.1 Å². The molecule has 0 atom stereocenters. The Hall–Kier alpha value is -1.91. The van der Waals surface area contributed by atoms with Crippen molar-refractivity contribution in [3.63, 3.8) is 0 Å². The second-order valence-corrected chi connectivity index (χ2v) is 4.39. The van der Waals surface area contributed by atoms with Crippen molar-refractivity contribution >= 4 is 5.78 Å². The molecule has 0 bridgehead atoms. The minimum Gasteiger partial charge on any atom is -0.338 e. The first-order valence-electron chi connectivity index (χ1n) is 6.13. The number of nitrogens with zero attached hydrogens (tertiary/aromatic N) is 4. The first kappa shape index (κ1) is 12.5. The summed E-state index contributed by atoms with van der Waals surface area (Å²) in [6.07, 6.45) is 7.37. The Morgan fingerprint density at radius 3 is 2.78 bits per heavy atom. The van der Waals surface area contributed by atoms with Crippen molar-refractivity contribution in [2.45, 2.75) is 26.2 Å². The normalized spacial score (nSPS) is 10.8. The van der Waals surface area contributed by atoms with Crippen molar-refractivity contribution in [3.05, 3.63) is 35.7 Å². The third-order valence-corrected chi connectivity index (χ3v) is 3.04. The van der Waals surface area contributed by atoms with Crippen molar-refractivity contribution < 1.29 is 4.79 Å². The third-order valence-electron chi connectivity index (χ3n) is 3.04. The molecule has 0 N–H and O–H groups in total. The van der Waals surface area contributed by atoms with Gasteiger partial charge in [0, 0.05) is 45.5 Å². The highest BCUT2D eigenvalue weighted by atomic mass is 16.1. The molecule has 0 radical (unpaired) electrons. The summed E-state index contributed by atoms with van der Waals surface area (Å²) >= 11 is 0. The number of carbonyl (C=O) groups is 1. The Labute approximate surface area is 106 Å².